The lowest BCUT2D eigenvalue weighted by atomic mass is 10.0. The van der Waals surface area contributed by atoms with Crippen LogP contribution in [0.3, 0.4) is 0 Å². The molecule has 2 heterocycles. The van der Waals surface area contributed by atoms with E-state index in [4.69, 9.17) is 0 Å². The van der Waals surface area contributed by atoms with Gasteiger partial charge >= 0.3 is 0 Å². The Hall–Kier alpha value is -6.03. The maximum absolute atomic E-state index is 4.68. The van der Waals surface area contributed by atoms with Crippen LogP contribution in [0.2, 0.25) is 0 Å². The van der Waals surface area contributed by atoms with E-state index >= 15 is 0 Å². The maximum atomic E-state index is 4.68. The van der Waals surface area contributed by atoms with Crippen molar-refractivity contribution in [3.05, 3.63) is 182 Å². The van der Waals surface area contributed by atoms with Crippen LogP contribution in [-0.4, -0.2) is 4.98 Å². The molecule has 0 unspecified atom stereocenters. The average Bonchev–Trinajstić information content (AvgIpc) is 3.55. The molecule has 0 saturated heterocycles. The van der Waals surface area contributed by atoms with Crippen molar-refractivity contribution in [3.63, 3.8) is 0 Å². The Morgan fingerprint density at radius 3 is 1.71 bits per heavy atom. The van der Waals surface area contributed by atoms with E-state index in [1.807, 2.05) is 23.6 Å². The molecule has 0 bridgehead atoms. The number of nitrogens with zero attached hydrogens (tertiary/aromatic N) is 2. The predicted octanol–water partition coefficient (Wildman–Crippen LogP) is 13.1. The highest BCUT2D eigenvalue weighted by Crippen LogP contribution is 2.41. The van der Waals surface area contributed by atoms with Crippen LogP contribution >= 0.6 is 11.3 Å². The number of fused-ring (bicyclic) bond motifs is 4. The fourth-order valence-corrected chi connectivity index (χ4v) is 7.88. The largest absolute Gasteiger partial charge is 0.311 e. The summed E-state index contributed by atoms with van der Waals surface area (Å²) in [4.78, 5) is 7.02. The number of thiophene rings is 1. The second kappa shape index (κ2) is 12.0. The van der Waals surface area contributed by atoms with Crippen LogP contribution in [0.4, 0.5) is 17.1 Å². The Morgan fingerprint density at radius 2 is 1.00 bits per heavy atom. The van der Waals surface area contributed by atoms with Gasteiger partial charge in [-0.2, -0.15) is 0 Å². The minimum atomic E-state index is 1.08. The monoisotopic (exact) mass is 630 g/mol. The molecule has 48 heavy (non-hydrogen) atoms. The van der Waals surface area contributed by atoms with E-state index in [-0.39, 0.29) is 0 Å². The molecule has 9 aromatic rings. The summed E-state index contributed by atoms with van der Waals surface area (Å²) in [6, 6.07) is 63.2. The van der Waals surface area contributed by atoms with E-state index < -0.39 is 0 Å². The third kappa shape index (κ3) is 5.11. The van der Waals surface area contributed by atoms with E-state index in [0.29, 0.717) is 0 Å². The summed E-state index contributed by atoms with van der Waals surface area (Å²) in [7, 11) is 0. The summed E-state index contributed by atoms with van der Waals surface area (Å²) in [5.74, 6) is 0. The lowest BCUT2D eigenvalue weighted by Gasteiger charge is -2.26. The number of rotatable bonds is 6. The molecule has 0 spiro atoms. The number of benzene rings is 7. The number of pyridine rings is 1. The topological polar surface area (TPSA) is 16.1 Å². The normalized spacial score (nSPS) is 11.3. The zero-order valence-corrected chi connectivity index (χ0v) is 26.9. The van der Waals surface area contributed by atoms with E-state index in [0.717, 1.165) is 22.6 Å². The van der Waals surface area contributed by atoms with Gasteiger partial charge in [0.05, 0.1) is 10.2 Å². The van der Waals surface area contributed by atoms with E-state index in [2.05, 4.69) is 180 Å². The van der Waals surface area contributed by atoms with Crippen LogP contribution in [0.25, 0.3) is 64.5 Å². The van der Waals surface area contributed by atoms with E-state index in [1.165, 1.54) is 58.9 Å². The lowest BCUT2D eigenvalue weighted by molar-refractivity contribution is 1.28. The van der Waals surface area contributed by atoms with Gasteiger partial charge in [-0.3, -0.25) is 4.98 Å². The molecule has 0 radical (unpaired) electrons. The highest BCUT2D eigenvalue weighted by Gasteiger charge is 2.15. The van der Waals surface area contributed by atoms with Crippen molar-refractivity contribution in [2.75, 3.05) is 4.90 Å². The molecule has 0 atom stereocenters. The highest BCUT2D eigenvalue weighted by molar-refractivity contribution is 7.26. The third-order valence-corrected chi connectivity index (χ3v) is 10.3. The molecule has 3 heteroatoms. The second-order valence-electron chi connectivity index (χ2n) is 12.0. The first kappa shape index (κ1) is 28.2. The predicted molar refractivity (Wildman–Crippen MR) is 206 cm³/mol. The number of anilines is 3. The van der Waals surface area contributed by atoms with Gasteiger partial charge in [-0.15, -0.1) is 11.3 Å². The van der Waals surface area contributed by atoms with Gasteiger partial charge in [0.25, 0.3) is 0 Å². The van der Waals surface area contributed by atoms with Crippen molar-refractivity contribution in [1.29, 1.82) is 0 Å². The van der Waals surface area contributed by atoms with Gasteiger partial charge in [-0.1, -0.05) is 121 Å². The SMILES string of the molecule is c1ccc(-c2ccc(N(c3ccc(-c4ccc5ccccc5c4)cc3)c3ccc(-c4cccc5c4sc4cccnc45)cc3)cc2)cc1. The minimum Gasteiger partial charge on any atom is -0.311 e. The Morgan fingerprint density at radius 1 is 0.417 bits per heavy atom. The van der Waals surface area contributed by atoms with Crippen molar-refractivity contribution in [3.8, 4) is 33.4 Å². The van der Waals surface area contributed by atoms with E-state index in [1.54, 1.807) is 0 Å². The first-order valence-corrected chi connectivity index (χ1v) is 17.0. The molecule has 7 aromatic carbocycles. The molecular formula is C45H30N2S. The second-order valence-corrected chi connectivity index (χ2v) is 13.1. The van der Waals surface area contributed by atoms with Crippen LogP contribution in [0.1, 0.15) is 0 Å². The van der Waals surface area contributed by atoms with Crippen molar-refractivity contribution < 1.29 is 0 Å². The van der Waals surface area contributed by atoms with Gasteiger partial charge < -0.3 is 4.90 Å². The summed E-state index contributed by atoms with van der Waals surface area (Å²) in [5.41, 5.74) is 11.7. The van der Waals surface area contributed by atoms with Gasteiger partial charge in [-0.05, 0) is 98.8 Å². The zero-order chi connectivity index (χ0) is 31.9. The molecule has 0 N–H and O–H groups in total. The average molecular weight is 631 g/mol. The van der Waals surface area contributed by atoms with E-state index in [9.17, 15) is 0 Å². The molecule has 2 aromatic heterocycles. The number of hydrogen-bond acceptors (Lipinski definition) is 3. The van der Waals surface area contributed by atoms with Gasteiger partial charge in [0.1, 0.15) is 0 Å². The van der Waals surface area contributed by atoms with Gasteiger partial charge in [0.15, 0.2) is 0 Å². The van der Waals surface area contributed by atoms with Crippen molar-refractivity contribution in [2.45, 2.75) is 0 Å². The van der Waals surface area contributed by atoms with Crippen LogP contribution in [0, 0.1) is 0 Å². The summed E-state index contributed by atoms with van der Waals surface area (Å²) >= 11 is 1.81. The fraction of sp³-hybridized carbons (Fsp3) is 0. The Bertz CT molecular complexity index is 2530. The Kier molecular flexibility index (Phi) is 7.03. The first-order valence-electron chi connectivity index (χ1n) is 16.2. The first-order chi connectivity index (χ1) is 23.8. The van der Waals surface area contributed by atoms with Crippen molar-refractivity contribution >= 4 is 59.5 Å². The summed E-state index contributed by atoms with van der Waals surface area (Å²) in [5, 5.41) is 3.72. The number of aromatic nitrogens is 1. The van der Waals surface area contributed by atoms with Crippen molar-refractivity contribution in [1.82, 2.24) is 4.98 Å². The standard InChI is InChI=1S/C45H30N2S/c1-2-8-31(9-3-1)33-17-23-38(24-18-33)47(39-25-19-34(20-26-39)37-16-15-32-10-4-5-11-36(32)30-37)40-27-21-35(22-28-40)41-12-6-13-42-44-43(48-45(41)42)14-7-29-46-44/h1-30H. The highest BCUT2D eigenvalue weighted by atomic mass is 32.1. The van der Waals surface area contributed by atoms with Crippen LogP contribution in [-0.2, 0) is 0 Å². The van der Waals surface area contributed by atoms with Crippen molar-refractivity contribution in [2.24, 2.45) is 0 Å². The van der Waals surface area contributed by atoms with Gasteiger partial charge in [0, 0.05) is 33.3 Å². The molecule has 0 saturated carbocycles. The molecule has 9 rings (SSSR count). The van der Waals surface area contributed by atoms with Crippen LogP contribution < -0.4 is 4.90 Å². The van der Waals surface area contributed by atoms with Gasteiger partial charge in [-0.25, -0.2) is 0 Å². The molecule has 226 valence electrons. The molecule has 0 aliphatic carbocycles. The Labute approximate surface area is 283 Å². The maximum Gasteiger partial charge on any atom is 0.0888 e. The lowest BCUT2D eigenvalue weighted by Crippen LogP contribution is -2.09. The number of hydrogen-bond donors (Lipinski definition) is 0. The van der Waals surface area contributed by atoms with Gasteiger partial charge in [0.2, 0.25) is 0 Å². The summed E-state index contributed by atoms with van der Waals surface area (Å²) in [6.45, 7) is 0. The fourth-order valence-electron chi connectivity index (χ4n) is 6.69. The summed E-state index contributed by atoms with van der Waals surface area (Å²) in [6.07, 6.45) is 1.88. The third-order valence-electron chi connectivity index (χ3n) is 9.13. The minimum absolute atomic E-state index is 1.08. The molecule has 2 nitrogen and oxygen atoms in total. The molecule has 0 fully saturated rings. The molecular weight excluding hydrogens is 601 g/mol. The van der Waals surface area contributed by atoms with Crippen LogP contribution in [0.5, 0.6) is 0 Å². The molecule has 0 aliphatic rings. The van der Waals surface area contributed by atoms with Crippen LogP contribution in [0.15, 0.2) is 182 Å². The quantitative estimate of drug-likeness (QED) is 0.182. The Balaban J connectivity index is 1.11. The summed E-state index contributed by atoms with van der Waals surface area (Å²) < 4.78 is 2.49. The smallest absolute Gasteiger partial charge is 0.0888 e. The molecule has 0 amide bonds. The zero-order valence-electron chi connectivity index (χ0n) is 26.1. The molecule has 0 aliphatic heterocycles.